The van der Waals surface area contributed by atoms with Crippen LogP contribution < -0.4 is 0 Å². The smallest absolute Gasteiger partial charge is 0.264 e. The van der Waals surface area contributed by atoms with Crippen molar-refractivity contribution in [2.75, 3.05) is 13.1 Å². The molecule has 0 unspecified atom stereocenters. The van der Waals surface area contributed by atoms with E-state index in [2.05, 4.69) is 10.2 Å². The van der Waals surface area contributed by atoms with Gasteiger partial charge in [0.1, 0.15) is 11.6 Å². The van der Waals surface area contributed by atoms with Gasteiger partial charge in [-0.05, 0) is 30.5 Å². The topological polar surface area (TPSA) is 72.8 Å². The molecule has 0 bridgehead atoms. The van der Waals surface area contributed by atoms with Gasteiger partial charge in [0, 0.05) is 18.5 Å². The van der Waals surface area contributed by atoms with E-state index < -0.39 is 0 Å². The third-order valence-electron chi connectivity index (χ3n) is 3.52. The Balaban J connectivity index is 1.91. The minimum atomic E-state index is -0.172. The van der Waals surface area contributed by atoms with Crippen LogP contribution in [0.25, 0.3) is 17.0 Å². The number of nitrogens with zero attached hydrogens (tertiary/aromatic N) is 3. The Morgan fingerprint density at radius 3 is 2.95 bits per heavy atom. The number of amides is 1. The van der Waals surface area contributed by atoms with Crippen LogP contribution in [-0.2, 0) is 4.79 Å². The largest absolute Gasteiger partial charge is 0.338 e. The maximum absolute atomic E-state index is 12.2. The van der Waals surface area contributed by atoms with Crippen LogP contribution in [0.15, 0.2) is 30.0 Å². The number of nitriles is 1. The maximum Gasteiger partial charge on any atom is 0.264 e. The number of carbonyl (C=O) groups is 1. The third kappa shape index (κ3) is 2.28. The Labute approximate surface area is 116 Å². The van der Waals surface area contributed by atoms with Gasteiger partial charge in [-0.1, -0.05) is 12.1 Å². The molecule has 20 heavy (non-hydrogen) atoms. The van der Waals surface area contributed by atoms with Gasteiger partial charge >= 0.3 is 0 Å². The fourth-order valence-electron chi connectivity index (χ4n) is 2.44. The molecule has 5 nitrogen and oxygen atoms in total. The lowest BCUT2D eigenvalue weighted by Crippen LogP contribution is -2.28. The van der Waals surface area contributed by atoms with Crippen LogP contribution in [0, 0.1) is 11.3 Å². The summed E-state index contributed by atoms with van der Waals surface area (Å²) in [5.74, 6) is -0.172. The van der Waals surface area contributed by atoms with Gasteiger partial charge in [-0.25, -0.2) is 0 Å². The summed E-state index contributed by atoms with van der Waals surface area (Å²) in [7, 11) is 0. The lowest BCUT2D eigenvalue weighted by molar-refractivity contribution is -0.125. The van der Waals surface area contributed by atoms with Crippen molar-refractivity contribution in [2.45, 2.75) is 12.8 Å². The van der Waals surface area contributed by atoms with Crippen LogP contribution in [0.1, 0.15) is 18.4 Å². The number of carbonyl (C=O) groups excluding carboxylic acids is 1. The molecular formula is C15H14N4O. The zero-order valence-corrected chi connectivity index (χ0v) is 11.0. The molecule has 1 N–H and O–H groups in total. The minimum absolute atomic E-state index is 0.172. The summed E-state index contributed by atoms with van der Waals surface area (Å²) < 4.78 is 0. The molecule has 1 aromatic carbocycles. The molecule has 3 rings (SSSR count). The number of H-pyrrole nitrogens is 1. The molecule has 2 heterocycles. The number of benzene rings is 1. The number of aromatic nitrogens is 2. The monoisotopic (exact) mass is 266 g/mol. The number of likely N-dealkylation sites (tertiary alicyclic amines) is 1. The zero-order valence-electron chi connectivity index (χ0n) is 11.0. The first-order valence-corrected chi connectivity index (χ1v) is 6.62. The van der Waals surface area contributed by atoms with E-state index >= 15 is 0 Å². The Bertz CT molecular complexity index is 717. The minimum Gasteiger partial charge on any atom is -0.338 e. The van der Waals surface area contributed by atoms with Gasteiger partial charge in [-0.3, -0.25) is 9.89 Å². The normalized spacial score (nSPS) is 15.6. The summed E-state index contributed by atoms with van der Waals surface area (Å²) in [6.45, 7) is 1.49. The number of fused-ring (bicyclic) bond motifs is 1. The number of aromatic amines is 1. The molecule has 1 fully saturated rings. The second kappa shape index (κ2) is 5.17. The van der Waals surface area contributed by atoms with Gasteiger partial charge in [-0.15, -0.1) is 0 Å². The number of hydrogen-bond acceptors (Lipinski definition) is 3. The first-order chi connectivity index (χ1) is 9.78. The van der Waals surface area contributed by atoms with E-state index in [9.17, 15) is 10.1 Å². The van der Waals surface area contributed by atoms with Crippen molar-refractivity contribution < 1.29 is 4.79 Å². The highest BCUT2D eigenvalue weighted by Crippen LogP contribution is 2.17. The van der Waals surface area contributed by atoms with Crippen molar-refractivity contribution in [3.8, 4) is 6.07 Å². The molecule has 1 saturated heterocycles. The molecule has 2 aromatic rings. The summed E-state index contributed by atoms with van der Waals surface area (Å²) in [4.78, 5) is 13.9. The molecule has 1 amide bonds. The predicted molar refractivity (Wildman–Crippen MR) is 75.5 cm³/mol. The molecule has 0 aliphatic carbocycles. The van der Waals surface area contributed by atoms with Crippen LogP contribution >= 0.6 is 0 Å². The van der Waals surface area contributed by atoms with Crippen LogP contribution in [-0.4, -0.2) is 34.1 Å². The number of rotatable bonds is 2. The summed E-state index contributed by atoms with van der Waals surface area (Å²) in [6.07, 6.45) is 5.42. The van der Waals surface area contributed by atoms with Crippen molar-refractivity contribution >= 4 is 22.9 Å². The first kappa shape index (κ1) is 12.4. The SMILES string of the molecule is N#CC(=Cc1ccc2cn[nH]c2c1)C(=O)N1CCCC1. The van der Waals surface area contributed by atoms with E-state index in [4.69, 9.17) is 0 Å². The van der Waals surface area contributed by atoms with Gasteiger partial charge in [0.05, 0.1) is 11.7 Å². The van der Waals surface area contributed by atoms with Crippen LogP contribution in [0.5, 0.6) is 0 Å². The molecule has 0 spiro atoms. The Hall–Kier alpha value is -2.61. The standard InChI is InChI=1S/C15H14N4O/c16-9-13(15(20)19-5-1-2-6-19)7-11-3-4-12-10-17-18-14(12)8-11/h3-4,7-8,10H,1-2,5-6H2,(H,17,18). The highest BCUT2D eigenvalue weighted by Gasteiger charge is 2.21. The van der Waals surface area contributed by atoms with Gasteiger partial charge < -0.3 is 4.90 Å². The maximum atomic E-state index is 12.2. The van der Waals surface area contributed by atoms with Crippen molar-refractivity contribution in [2.24, 2.45) is 0 Å². The zero-order chi connectivity index (χ0) is 13.9. The van der Waals surface area contributed by atoms with Crippen molar-refractivity contribution in [3.05, 3.63) is 35.5 Å². The summed E-state index contributed by atoms with van der Waals surface area (Å²) in [5, 5.41) is 17.0. The summed E-state index contributed by atoms with van der Waals surface area (Å²) >= 11 is 0. The average molecular weight is 266 g/mol. The second-order valence-electron chi connectivity index (χ2n) is 4.89. The van der Waals surface area contributed by atoms with E-state index in [1.165, 1.54) is 0 Å². The van der Waals surface area contributed by atoms with E-state index in [0.717, 1.165) is 42.4 Å². The van der Waals surface area contributed by atoms with Crippen molar-refractivity contribution in [1.29, 1.82) is 5.26 Å². The molecule has 0 radical (unpaired) electrons. The van der Waals surface area contributed by atoms with Crippen LogP contribution in [0.2, 0.25) is 0 Å². The molecular weight excluding hydrogens is 252 g/mol. The van der Waals surface area contributed by atoms with Gasteiger partial charge in [-0.2, -0.15) is 10.4 Å². The lowest BCUT2D eigenvalue weighted by Gasteiger charge is -2.14. The molecule has 1 aromatic heterocycles. The molecule has 1 aliphatic heterocycles. The fourth-order valence-corrected chi connectivity index (χ4v) is 2.44. The van der Waals surface area contributed by atoms with E-state index in [1.807, 2.05) is 24.3 Å². The fraction of sp³-hybridized carbons (Fsp3) is 0.267. The number of nitrogens with one attached hydrogen (secondary N) is 1. The lowest BCUT2D eigenvalue weighted by atomic mass is 10.1. The molecule has 0 atom stereocenters. The molecule has 5 heteroatoms. The highest BCUT2D eigenvalue weighted by atomic mass is 16.2. The van der Waals surface area contributed by atoms with Gasteiger partial charge in [0.2, 0.25) is 0 Å². The van der Waals surface area contributed by atoms with Crippen molar-refractivity contribution in [1.82, 2.24) is 15.1 Å². The van der Waals surface area contributed by atoms with Crippen molar-refractivity contribution in [3.63, 3.8) is 0 Å². The third-order valence-corrected chi connectivity index (χ3v) is 3.52. The van der Waals surface area contributed by atoms with E-state index in [-0.39, 0.29) is 11.5 Å². The summed E-state index contributed by atoms with van der Waals surface area (Å²) in [5.41, 5.74) is 1.90. The summed E-state index contributed by atoms with van der Waals surface area (Å²) in [6, 6.07) is 7.70. The molecule has 1 aliphatic rings. The van der Waals surface area contributed by atoms with Crippen LogP contribution in [0.3, 0.4) is 0 Å². The highest BCUT2D eigenvalue weighted by molar-refractivity contribution is 6.02. The van der Waals surface area contributed by atoms with E-state index in [1.54, 1.807) is 17.2 Å². The molecule has 0 saturated carbocycles. The van der Waals surface area contributed by atoms with Crippen LogP contribution in [0.4, 0.5) is 0 Å². The quantitative estimate of drug-likeness (QED) is 0.668. The second-order valence-corrected chi connectivity index (χ2v) is 4.89. The first-order valence-electron chi connectivity index (χ1n) is 6.62. The number of hydrogen-bond donors (Lipinski definition) is 1. The van der Waals surface area contributed by atoms with Gasteiger partial charge in [0.15, 0.2) is 0 Å². The average Bonchev–Trinajstić information content (AvgIpc) is 3.14. The Kier molecular flexibility index (Phi) is 3.21. The Morgan fingerprint density at radius 1 is 1.40 bits per heavy atom. The Morgan fingerprint density at radius 2 is 2.20 bits per heavy atom. The van der Waals surface area contributed by atoms with E-state index in [0.29, 0.717) is 0 Å². The van der Waals surface area contributed by atoms with Gasteiger partial charge in [0.25, 0.3) is 5.91 Å². The predicted octanol–water partition coefficient (Wildman–Crippen LogP) is 2.09. The molecule has 100 valence electrons.